The zero-order chi connectivity index (χ0) is 18.5. The first-order chi connectivity index (χ1) is 12.5. The molecule has 8 heteroatoms. The molecule has 0 aliphatic carbocycles. The van der Waals surface area contributed by atoms with E-state index in [9.17, 15) is 14.7 Å². The summed E-state index contributed by atoms with van der Waals surface area (Å²) in [6, 6.07) is 10.0. The molecule has 2 amide bonds. The molecule has 0 bridgehead atoms. The van der Waals surface area contributed by atoms with Gasteiger partial charge in [-0.25, -0.2) is 0 Å². The zero-order valence-electron chi connectivity index (χ0n) is 13.7. The molecule has 0 radical (unpaired) electrons. The average molecular weight is 388 g/mol. The second-order valence-electron chi connectivity index (χ2n) is 5.52. The van der Waals surface area contributed by atoms with Gasteiger partial charge in [0.2, 0.25) is 5.91 Å². The lowest BCUT2D eigenvalue weighted by Gasteiger charge is -2.14. The summed E-state index contributed by atoms with van der Waals surface area (Å²) >= 11 is 6.47. The standard InChI is InChI=1S/C18H16N2O4S2/c21-14-7-2-1-6-13(14)19-16(22)8-3-9-20-17(23)15(26-18(20)25)11-12-5-4-10-24-12/h1-2,4-7,10-11,21H,3,8-9H2,(H,19,22). The van der Waals surface area contributed by atoms with E-state index < -0.39 is 0 Å². The average Bonchev–Trinajstić information content (AvgIpc) is 3.21. The predicted molar refractivity (Wildman–Crippen MR) is 105 cm³/mol. The summed E-state index contributed by atoms with van der Waals surface area (Å²) < 4.78 is 5.68. The summed E-state index contributed by atoms with van der Waals surface area (Å²) in [6.45, 7) is 0.356. The molecule has 2 aromatic rings. The highest BCUT2D eigenvalue weighted by Gasteiger charge is 2.31. The number of aromatic hydroxyl groups is 1. The summed E-state index contributed by atoms with van der Waals surface area (Å²) in [4.78, 5) is 26.4. The lowest BCUT2D eigenvalue weighted by Crippen LogP contribution is -2.29. The second kappa shape index (κ2) is 8.20. The van der Waals surface area contributed by atoms with E-state index >= 15 is 0 Å². The third kappa shape index (κ3) is 4.33. The van der Waals surface area contributed by atoms with E-state index in [0.29, 0.717) is 33.6 Å². The fourth-order valence-corrected chi connectivity index (χ4v) is 3.67. The van der Waals surface area contributed by atoms with Crippen molar-refractivity contribution in [2.24, 2.45) is 0 Å². The van der Waals surface area contributed by atoms with Gasteiger partial charge < -0.3 is 14.8 Å². The van der Waals surface area contributed by atoms with Crippen LogP contribution in [-0.4, -0.2) is 32.7 Å². The smallest absolute Gasteiger partial charge is 0.266 e. The first kappa shape index (κ1) is 18.2. The fraction of sp³-hybridized carbons (Fsp3) is 0.167. The molecule has 1 aliphatic rings. The van der Waals surface area contributed by atoms with Gasteiger partial charge in [-0.15, -0.1) is 0 Å². The number of benzene rings is 1. The van der Waals surface area contributed by atoms with Crippen LogP contribution in [0, 0.1) is 0 Å². The first-order valence-corrected chi connectivity index (χ1v) is 9.14. The molecule has 0 unspecified atom stereocenters. The number of nitrogens with one attached hydrogen (secondary N) is 1. The molecule has 1 saturated heterocycles. The van der Waals surface area contributed by atoms with Crippen LogP contribution in [0.5, 0.6) is 5.75 Å². The zero-order valence-corrected chi connectivity index (χ0v) is 15.3. The van der Waals surface area contributed by atoms with E-state index in [2.05, 4.69) is 5.32 Å². The fourth-order valence-electron chi connectivity index (χ4n) is 2.39. The number of phenolic OH excluding ortho intramolecular Hbond substituents is 1. The Morgan fingerprint density at radius 2 is 2.12 bits per heavy atom. The van der Waals surface area contributed by atoms with Crippen molar-refractivity contribution in [3.05, 3.63) is 53.3 Å². The van der Waals surface area contributed by atoms with Crippen LogP contribution in [0.15, 0.2) is 52.0 Å². The molecule has 134 valence electrons. The maximum atomic E-state index is 12.4. The Balaban J connectivity index is 1.52. The summed E-state index contributed by atoms with van der Waals surface area (Å²) in [5.74, 6) is 0.189. The Morgan fingerprint density at radius 3 is 2.85 bits per heavy atom. The van der Waals surface area contributed by atoms with Crippen molar-refractivity contribution >= 4 is 51.9 Å². The van der Waals surface area contributed by atoms with E-state index in [1.165, 1.54) is 29.0 Å². The third-order valence-electron chi connectivity index (χ3n) is 3.65. The van der Waals surface area contributed by atoms with Gasteiger partial charge in [0.25, 0.3) is 5.91 Å². The molecular formula is C18H16N2O4S2. The Kier molecular flexibility index (Phi) is 5.75. The highest BCUT2D eigenvalue weighted by Crippen LogP contribution is 2.32. The number of phenols is 1. The third-order valence-corrected chi connectivity index (χ3v) is 5.03. The summed E-state index contributed by atoms with van der Waals surface area (Å²) in [6.07, 6.45) is 3.86. The maximum Gasteiger partial charge on any atom is 0.266 e. The van der Waals surface area contributed by atoms with E-state index in [4.69, 9.17) is 16.6 Å². The highest BCUT2D eigenvalue weighted by atomic mass is 32.2. The van der Waals surface area contributed by atoms with Gasteiger partial charge in [0.05, 0.1) is 16.9 Å². The highest BCUT2D eigenvalue weighted by molar-refractivity contribution is 8.26. The number of nitrogens with zero attached hydrogens (tertiary/aromatic N) is 1. The van der Waals surface area contributed by atoms with E-state index in [1.807, 2.05) is 0 Å². The summed E-state index contributed by atoms with van der Waals surface area (Å²) in [5.41, 5.74) is 0.365. The minimum Gasteiger partial charge on any atom is -0.506 e. The number of hydrogen-bond donors (Lipinski definition) is 2. The molecule has 2 N–H and O–H groups in total. The van der Waals surface area contributed by atoms with Crippen molar-refractivity contribution in [2.75, 3.05) is 11.9 Å². The van der Waals surface area contributed by atoms with Crippen molar-refractivity contribution in [1.29, 1.82) is 0 Å². The van der Waals surface area contributed by atoms with E-state index in [0.717, 1.165) is 0 Å². The van der Waals surface area contributed by atoms with Crippen molar-refractivity contribution in [2.45, 2.75) is 12.8 Å². The number of furan rings is 1. The molecule has 1 aliphatic heterocycles. The van der Waals surface area contributed by atoms with Crippen LogP contribution in [0.25, 0.3) is 6.08 Å². The van der Waals surface area contributed by atoms with Crippen LogP contribution in [0.1, 0.15) is 18.6 Å². The van der Waals surface area contributed by atoms with Crippen LogP contribution in [0.3, 0.4) is 0 Å². The Morgan fingerprint density at radius 1 is 1.31 bits per heavy atom. The summed E-state index contributed by atoms with van der Waals surface area (Å²) in [5, 5.41) is 12.3. The number of anilines is 1. The molecule has 0 saturated carbocycles. The second-order valence-corrected chi connectivity index (χ2v) is 7.19. The van der Waals surface area contributed by atoms with Gasteiger partial charge in [-0.2, -0.15) is 0 Å². The quantitative estimate of drug-likeness (QED) is 0.447. The van der Waals surface area contributed by atoms with Gasteiger partial charge in [-0.05, 0) is 30.7 Å². The Bertz CT molecular complexity index is 862. The Hall–Kier alpha value is -2.58. The number of rotatable bonds is 6. The lowest BCUT2D eigenvalue weighted by molar-refractivity contribution is -0.122. The van der Waals surface area contributed by atoms with Crippen molar-refractivity contribution in [1.82, 2.24) is 4.90 Å². The molecule has 0 atom stereocenters. The number of amides is 2. The molecule has 2 heterocycles. The number of carbonyl (C=O) groups is 2. The maximum absolute atomic E-state index is 12.4. The van der Waals surface area contributed by atoms with Crippen molar-refractivity contribution in [3.63, 3.8) is 0 Å². The van der Waals surface area contributed by atoms with Gasteiger partial charge in [0.15, 0.2) is 0 Å². The van der Waals surface area contributed by atoms with Gasteiger partial charge in [-0.3, -0.25) is 14.5 Å². The van der Waals surface area contributed by atoms with E-state index in [1.54, 1.807) is 36.4 Å². The van der Waals surface area contributed by atoms with E-state index in [-0.39, 0.29) is 24.0 Å². The number of hydrogen-bond acceptors (Lipinski definition) is 6. The SMILES string of the molecule is O=C(CCCN1C(=O)C(=Cc2ccco2)SC1=S)Nc1ccccc1O. The van der Waals surface area contributed by atoms with Gasteiger partial charge in [0, 0.05) is 19.0 Å². The monoisotopic (exact) mass is 388 g/mol. The molecule has 1 fully saturated rings. The summed E-state index contributed by atoms with van der Waals surface area (Å²) in [7, 11) is 0. The van der Waals surface area contributed by atoms with Crippen LogP contribution < -0.4 is 5.32 Å². The molecule has 1 aromatic heterocycles. The molecular weight excluding hydrogens is 372 g/mol. The van der Waals surface area contributed by atoms with Crippen molar-refractivity contribution in [3.8, 4) is 5.75 Å². The molecule has 0 spiro atoms. The minimum absolute atomic E-state index is 0.0147. The van der Waals surface area contributed by atoms with Crippen LogP contribution in [0.4, 0.5) is 5.69 Å². The lowest BCUT2D eigenvalue weighted by atomic mass is 10.2. The molecule has 6 nitrogen and oxygen atoms in total. The number of para-hydroxylation sites is 2. The largest absolute Gasteiger partial charge is 0.506 e. The van der Waals surface area contributed by atoms with Gasteiger partial charge in [0.1, 0.15) is 15.8 Å². The van der Waals surface area contributed by atoms with Gasteiger partial charge >= 0.3 is 0 Å². The predicted octanol–water partition coefficient (Wildman–Crippen LogP) is 3.61. The molecule has 1 aromatic carbocycles. The number of carbonyl (C=O) groups excluding carboxylic acids is 2. The van der Waals surface area contributed by atoms with Crippen LogP contribution >= 0.6 is 24.0 Å². The van der Waals surface area contributed by atoms with Gasteiger partial charge in [-0.1, -0.05) is 36.1 Å². The Labute approximate surface area is 159 Å². The normalized spacial score (nSPS) is 15.7. The minimum atomic E-state index is -0.233. The number of thioether (sulfide) groups is 1. The van der Waals surface area contributed by atoms with Crippen molar-refractivity contribution < 1.29 is 19.1 Å². The number of thiocarbonyl (C=S) groups is 1. The van der Waals surface area contributed by atoms with Crippen LogP contribution in [-0.2, 0) is 9.59 Å². The molecule has 26 heavy (non-hydrogen) atoms. The molecule has 3 rings (SSSR count). The van der Waals surface area contributed by atoms with Crippen LogP contribution in [0.2, 0.25) is 0 Å². The first-order valence-electron chi connectivity index (χ1n) is 7.91. The topological polar surface area (TPSA) is 82.8 Å².